The number of Topliss-reactive ketones (excluding diaryl/α,β-unsaturated/α-hetero) is 2. The molecule has 0 radical (unpaired) electrons. The Morgan fingerprint density at radius 1 is 0.632 bits per heavy atom. The molecule has 1 aliphatic carbocycles. The highest BCUT2D eigenvalue weighted by Crippen LogP contribution is 2.49. The molecule has 10 unspecified atom stereocenters. The van der Waals surface area contributed by atoms with Crippen molar-refractivity contribution in [1.82, 2.24) is 26.6 Å². The summed E-state index contributed by atoms with van der Waals surface area (Å²) in [4.78, 5) is 134. The lowest BCUT2D eigenvalue weighted by atomic mass is 9.81. The summed E-state index contributed by atoms with van der Waals surface area (Å²) in [7, 11) is -7.87. The summed E-state index contributed by atoms with van der Waals surface area (Å²) in [6, 6.07) is 20.6. The van der Waals surface area contributed by atoms with Gasteiger partial charge in [-0.3, -0.25) is 38.1 Å². The van der Waals surface area contributed by atoms with Gasteiger partial charge < -0.3 is 102 Å². The van der Waals surface area contributed by atoms with Crippen molar-refractivity contribution >= 4 is 97.2 Å². The number of fused-ring (bicyclic) bond motifs is 2. The number of para-hydroxylation sites is 1. The van der Waals surface area contributed by atoms with Crippen LogP contribution >= 0.6 is 0 Å². The number of hydrogen-bond acceptors (Lipinski definition) is 28. The fourth-order valence-electron chi connectivity index (χ4n) is 15.5. The SMILES string of the molecule is CC1(C)C(=CC=C2CCCC(C=CC3=[N+](CC(=O)NC4C(O)OC(CO)C(O)C4O)c4ccccc4C3(C)C)=C2Oc2ccc(C[C@H](CC(=O)[C@H](Cc3ccccc3)NC(=O)CCCCCCCCC(=O)CC[C@@H](NC(=O)NCCCC(=O)O)C(=O)O)C(=O)O)cc2)N(CC(=O)NC2C(O)OC(CO)C(O)C2O)c2ccc(S(=O)(=O)O)cc21.O=C=O.O=S(=O)=O. The predicted molar refractivity (Wildman–Crippen MR) is 440 cm³/mol. The van der Waals surface area contributed by atoms with E-state index in [4.69, 9.17) is 41.5 Å². The van der Waals surface area contributed by atoms with Gasteiger partial charge in [-0.2, -0.15) is 22.6 Å². The lowest BCUT2D eigenvalue weighted by Gasteiger charge is -2.40. The van der Waals surface area contributed by atoms with E-state index in [1.165, 1.54) is 18.2 Å². The number of hydrogen-bond donors (Lipinski definition) is 17. The first-order chi connectivity index (χ1) is 59.1. The van der Waals surface area contributed by atoms with Crippen LogP contribution in [0.5, 0.6) is 5.75 Å². The van der Waals surface area contributed by atoms with Gasteiger partial charge >= 0.3 is 40.7 Å². The van der Waals surface area contributed by atoms with Gasteiger partial charge in [0.25, 0.3) is 16.0 Å². The van der Waals surface area contributed by atoms with Crippen LogP contribution in [0.1, 0.15) is 153 Å². The van der Waals surface area contributed by atoms with E-state index in [0.29, 0.717) is 95.8 Å². The van der Waals surface area contributed by atoms with Gasteiger partial charge in [0, 0.05) is 73.2 Å². The van der Waals surface area contributed by atoms with Crippen LogP contribution in [0.15, 0.2) is 149 Å². The molecule has 4 aromatic rings. The smallest absolute Gasteiger partial charge is 0.425 e. The third-order valence-electron chi connectivity index (χ3n) is 22.1. The molecule has 0 bridgehead atoms. The van der Waals surface area contributed by atoms with E-state index in [0.717, 1.165) is 24.0 Å². The molecule has 17 N–H and O–H groups in total. The fourth-order valence-corrected chi connectivity index (χ4v) is 16.0. The Morgan fingerprint density at radius 3 is 1.79 bits per heavy atom. The maximum absolute atomic E-state index is 14.4. The standard InChI is InChI=1S/C84H107N7O26S.CO2.O3S/c1-83(2)56-23-14-15-24-60(56)90(44-68(97)88-71-75(103)73(101)63(46-92)116-80(71)109)65(83)37-29-50-20-16-21-51(30-38-66-84(3,4)57-43-55(118(112,113)114)34-36-61(57)91(66)45-69(98)89-72-76(104)74(102)64(47-93)117-81(72)110)77(50)115-54-32-27-49(28-33-54)40-52(78(105)106)42-62(95)59(41-48-18-10-9-11-19-48)86-67(96)25-13-8-6-5-7-12-22-53(94)31-35-58(79(107)108)87-82(111)85-39-17-26-70(99)100;2-1-3;1-4(2)3/h9-11,14-15,18-19,23-24,27-30,32-34,36-38,43,52,58-59,63-64,71-76,80-81,92-93,101-104,109-110H,5-8,12-13,16-17,20-22,25-26,31,35,39-42,44-47H2,1-4H3,(H8-,85,86,87,88,89,96,97,98,99,100,105,106,107,108,111,112,113,114);;/p+1/t52-,58-,59+,63?,64?,71?,72?,73?,74?,75?,76?,80?,81?;;/m1../s1. The molecular weight excluding hydrogens is 1680 g/mol. The number of nitrogens with one attached hydrogen (secondary N) is 5. The number of aliphatic hydroxyl groups excluding tert-OH is 8. The molecule has 0 spiro atoms. The lowest BCUT2D eigenvalue weighted by molar-refractivity contribution is -0.425. The molecule has 0 saturated carbocycles. The van der Waals surface area contributed by atoms with Crippen LogP contribution in [0.25, 0.3) is 0 Å². The van der Waals surface area contributed by atoms with Crippen LogP contribution in [0.3, 0.4) is 0 Å². The quantitative estimate of drug-likeness (QED) is 0.0172. The minimum atomic E-state index is -4.76. The zero-order valence-corrected chi connectivity index (χ0v) is 70.8. The molecule has 2 fully saturated rings. The Labute approximate surface area is 721 Å². The number of aliphatic carboxylic acids is 3. The van der Waals surface area contributed by atoms with Gasteiger partial charge in [0.2, 0.25) is 24.0 Å². The van der Waals surface area contributed by atoms with Gasteiger partial charge in [-0.25, -0.2) is 9.59 Å². The molecular formula is C85H108N7O31S2+. The molecule has 680 valence electrons. The van der Waals surface area contributed by atoms with E-state index >= 15 is 0 Å². The van der Waals surface area contributed by atoms with E-state index in [2.05, 4.69) is 26.6 Å². The van der Waals surface area contributed by atoms with Crippen molar-refractivity contribution < 1.29 is 153 Å². The average Bonchev–Trinajstić information content (AvgIpc) is 1.58. The zero-order valence-electron chi connectivity index (χ0n) is 69.2. The maximum Gasteiger partial charge on any atom is 0.425 e. The third-order valence-corrected chi connectivity index (χ3v) is 22.9. The van der Waals surface area contributed by atoms with Crippen LogP contribution in [-0.4, -0.2) is 258 Å². The average molecular weight is 1790 g/mol. The number of ketones is 2. The van der Waals surface area contributed by atoms with Gasteiger partial charge in [-0.1, -0.05) is 106 Å². The number of carboxylic acid groups (broad SMARTS) is 3. The number of allylic oxidation sites excluding steroid dienone is 7. The number of amides is 5. The van der Waals surface area contributed by atoms with Crippen LogP contribution in [0, 0.1) is 5.92 Å². The fraction of sp³-hybridized carbons (Fsp3) is 0.494. The van der Waals surface area contributed by atoms with Crippen LogP contribution in [0.4, 0.5) is 16.2 Å². The number of anilines is 1. The monoisotopic (exact) mass is 1790 g/mol. The van der Waals surface area contributed by atoms with Gasteiger partial charge in [-0.15, -0.1) is 12.6 Å². The highest BCUT2D eigenvalue weighted by molar-refractivity contribution is 7.85. The Balaban J connectivity index is 0.00000295. The van der Waals surface area contributed by atoms with Gasteiger partial charge in [0.1, 0.15) is 78.6 Å². The number of ether oxygens (including phenoxy) is 3. The summed E-state index contributed by atoms with van der Waals surface area (Å²) < 4.78 is 80.3. The summed E-state index contributed by atoms with van der Waals surface area (Å²) in [5, 5.41) is 126. The number of aliphatic hydroxyl groups is 8. The van der Waals surface area contributed by atoms with Crippen molar-refractivity contribution in [3.63, 3.8) is 0 Å². The molecule has 4 heterocycles. The number of urea groups is 1. The number of nitrogens with zero attached hydrogens (tertiary/aromatic N) is 2. The van der Waals surface area contributed by atoms with Crippen molar-refractivity contribution in [2.75, 3.05) is 37.7 Å². The van der Waals surface area contributed by atoms with Gasteiger partial charge in [0.05, 0.1) is 35.5 Å². The Bertz CT molecular complexity index is 4930. The molecule has 5 amide bonds. The highest BCUT2D eigenvalue weighted by Gasteiger charge is 2.50. The molecule has 4 aromatic carbocycles. The van der Waals surface area contributed by atoms with Crippen molar-refractivity contribution in [3.8, 4) is 5.75 Å². The normalized spacial score (nSPS) is 22.5. The van der Waals surface area contributed by atoms with Crippen LogP contribution < -0.4 is 36.2 Å². The first-order valence-electron chi connectivity index (χ1n) is 40.4. The zero-order chi connectivity index (χ0) is 92.2. The summed E-state index contributed by atoms with van der Waals surface area (Å²) in [5.41, 5.74) is 3.80. The molecule has 0 aromatic heterocycles. The predicted octanol–water partition coefficient (Wildman–Crippen LogP) is 2.25. The lowest BCUT2D eigenvalue weighted by Crippen LogP contribution is -2.64. The second-order valence-corrected chi connectivity index (χ2v) is 33.5. The van der Waals surface area contributed by atoms with E-state index in [1.54, 1.807) is 96.1 Å². The number of benzene rings is 4. The van der Waals surface area contributed by atoms with Crippen molar-refractivity contribution in [2.24, 2.45) is 5.92 Å². The third kappa shape index (κ3) is 28.8. The Kier molecular flexibility index (Phi) is 38.3. The van der Waals surface area contributed by atoms with Crippen molar-refractivity contribution in [2.45, 2.75) is 232 Å². The molecule has 2 saturated heterocycles. The van der Waals surface area contributed by atoms with Crippen molar-refractivity contribution in [3.05, 3.63) is 166 Å². The number of carbonyl (C=O) groups excluding carboxylic acids is 8. The van der Waals surface area contributed by atoms with Crippen LogP contribution in [-0.2, 0) is 102 Å². The van der Waals surface area contributed by atoms with E-state index < -0.39 is 189 Å². The second kappa shape index (κ2) is 47.4. The molecule has 38 nitrogen and oxygen atoms in total. The summed E-state index contributed by atoms with van der Waals surface area (Å²) >= 11 is 0. The number of carbonyl (C=O) groups is 9. The molecule has 13 atom stereocenters. The van der Waals surface area contributed by atoms with E-state index in [1.807, 2.05) is 44.2 Å². The number of unbranched alkanes of at least 4 members (excludes halogenated alkanes) is 5. The second-order valence-electron chi connectivity index (χ2n) is 31.6. The summed E-state index contributed by atoms with van der Waals surface area (Å²) in [5.74, 6) is -6.78. The highest BCUT2D eigenvalue weighted by atomic mass is 32.2. The maximum atomic E-state index is 14.4. The molecule has 125 heavy (non-hydrogen) atoms. The minimum Gasteiger partial charge on any atom is -0.481 e. The molecule has 5 aliphatic rings. The minimum absolute atomic E-state index is 0.0298. The first-order valence-corrected chi connectivity index (χ1v) is 42.9. The largest absolute Gasteiger partial charge is 0.481 e. The van der Waals surface area contributed by atoms with E-state index in [9.17, 15) is 107 Å². The molecule has 4 aliphatic heterocycles. The first kappa shape index (κ1) is 101. The topological polar surface area (TPSA) is 610 Å². The Morgan fingerprint density at radius 2 is 1.21 bits per heavy atom. The molecule has 40 heteroatoms. The van der Waals surface area contributed by atoms with E-state index in [-0.39, 0.29) is 82.1 Å². The summed E-state index contributed by atoms with van der Waals surface area (Å²) in [6.45, 7) is 5.14. The Hall–Kier alpha value is -10.9. The van der Waals surface area contributed by atoms with Gasteiger partial charge in [0.15, 0.2) is 24.1 Å². The van der Waals surface area contributed by atoms with Crippen molar-refractivity contribution in [1.29, 1.82) is 0 Å². The number of carboxylic acids is 3. The number of rotatable bonds is 41. The summed E-state index contributed by atoms with van der Waals surface area (Å²) in [6.07, 6.45) is -0.976. The van der Waals surface area contributed by atoms with Crippen LogP contribution in [0.2, 0.25) is 0 Å². The molecule has 9 rings (SSSR count). The van der Waals surface area contributed by atoms with Gasteiger partial charge in [-0.05, 0) is 142 Å².